The highest BCUT2D eigenvalue weighted by Gasteiger charge is 2.03. The highest BCUT2D eigenvalue weighted by Crippen LogP contribution is 2.20. The number of nitrogens with one attached hydrogen (secondary N) is 1. The maximum absolute atomic E-state index is 13.5. The maximum Gasteiger partial charge on any atom is 0.244 e. The summed E-state index contributed by atoms with van der Waals surface area (Å²) in [4.78, 5) is 11.8. The zero-order valence-corrected chi connectivity index (χ0v) is 13.3. The van der Waals surface area contributed by atoms with Gasteiger partial charge in [0.25, 0.3) is 0 Å². The number of aryl methyl sites for hydroxylation is 1. The monoisotopic (exact) mass is 313 g/mol. The molecule has 2 aromatic carbocycles. The summed E-state index contributed by atoms with van der Waals surface area (Å²) in [6.07, 6.45) is 3.63. The second-order valence-corrected chi connectivity index (χ2v) is 5.21. The Labute approximate surface area is 135 Å². The minimum atomic E-state index is -0.248. The first kappa shape index (κ1) is 16.7. The molecule has 0 spiro atoms. The van der Waals surface area contributed by atoms with E-state index in [0.29, 0.717) is 24.3 Å². The van der Waals surface area contributed by atoms with Crippen molar-refractivity contribution >= 4 is 12.0 Å². The summed E-state index contributed by atoms with van der Waals surface area (Å²) < 4.78 is 18.7. The number of halogens is 1. The van der Waals surface area contributed by atoms with Crippen molar-refractivity contribution in [1.82, 2.24) is 5.32 Å². The number of carbonyl (C=O) groups excluding carboxylic acids is 1. The summed E-state index contributed by atoms with van der Waals surface area (Å²) >= 11 is 0. The van der Waals surface area contributed by atoms with Crippen LogP contribution in [0, 0.1) is 12.7 Å². The zero-order chi connectivity index (χ0) is 16.7. The smallest absolute Gasteiger partial charge is 0.244 e. The van der Waals surface area contributed by atoms with Crippen LogP contribution in [0.4, 0.5) is 4.39 Å². The van der Waals surface area contributed by atoms with Crippen molar-refractivity contribution in [1.29, 1.82) is 0 Å². The lowest BCUT2D eigenvalue weighted by atomic mass is 10.1. The van der Waals surface area contributed by atoms with Gasteiger partial charge < -0.3 is 10.1 Å². The predicted molar refractivity (Wildman–Crippen MR) is 89.9 cm³/mol. The summed E-state index contributed by atoms with van der Waals surface area (Å²) in [7, 11) is 1.59. The first-order valence-electron chi connectivity index (χ1n) is 7.44. The summed E-state index contributed by atoms with van der Waals surface area (Å²) in [5.74, 6) is 0.248. The third-order valence-corrected chi connectivity index (χ3v) is 3.45. The number of benzene rings is 2. The summed E-state index contributed by atoms with van der Waals surface area (Å²) in [6.45, 7) is 2.36. The number of hydrogen-bond acceptors (Lipinski definition) is 2. The second kappa shape index (κ2) is 8.13. The molecule has 2 rings (SSSR count). The predicted octanol–water partition coefficient (Wildman–Crippen LogP) is 3.51. The average molecular weight is 313 g/mol. The molecule has 3 nitrogen and oxygen atoms in total. The van der Waals surface area contributed by atoms with E-state index in [1.165, 1.54) is 12.1 Å². The molecule has 0 heterocycles. The van der Waals surface area contributed by atoms with Gasteiger partial charge >= 0.3 is 0 Å². The molecule has 0 aromatic heterocycles. The van der Waals surface area contributed by atoms with Gasteiger partial charge in [0.1, 0.15) is 11.6 Å². The van der Waals surface area contributed by atoms with Crippen LogP contribution in [0.25, 0.3) is 6.08 Å². The summed E-state index contributed by atoms with van der Waals surface area (Å²) in [5.41, 5.74) is 2.53. The molecule has 0 radical (unpaired) electrons. The standard InChI is InChI=1S/C19H20FNO2/c1-14-7-9-18(23-2)16(13-14)8-10-19(22)21-12-11-15-5-3-4-6-17(15)20/h3-10,13H,11-12H2,1-2H3,(H,21,22)/b10-8+. The molecule has 23 heavy (non-hydrogen) atoms. The van der Waals surface area contributed by atoms with Crippen LogP contribution in [0.15, 0.2) is 48.5 Å². The second-order valence-electron chi connectivity index (χ2n) is 5.21. The van der Waals surface area contributed by atoms with Gasteiger partial charge in [0.2, 0.25) is 5.91 Å². The average Bonchev–Trinajstić information content (AvgIpc) is 2.55. The molecule has 4 heteroatoms. The molecular weight excluding hydrogens is 293 g/mol. The molecule has 0 saturated heterocycles. The van der Waals surface area contributed by atoms with Gasteiger partial charge in [0, 0.05) is 18.2 Å². The van der Waals surface area contributed by atoms with E-state index >= 15 is 0 Å². The third-order valence-electron chi connectivity index (χ3n) is 3.45. The van der Waals surface area contributed by atoms with Crippen molar-refractivity contribution in [3.63, 3.8) is 0 Å². The summed E-state index contributed by atoms with van der Waals surface area (Å²) in [5, 5.41) is 2.75. The fraction of sp³-hybridized carbons (Fsp3) is 0.211. The molecule has 0 unspecified atom stereocenters. The fourth-order valence-corrected chi connectivity index (χ4v) is 2.23. The fourth-order valence-electron chi connectivity index (χ4n) is 2.23. The van der Waals surface area contributed by atoms with Crippen molar-refractivity contribution in [3.05, 3.63) is 71.0 Å². The first-order chi connectivity index (χ1) is 11.1. The van der Waals surface area contributed by atoms with Crippen LogP contribution < -0.4 is 10.1 Å². The lowest BCUT2D eigenvalue weighted by Gasteiger charge is -2.06. The Morgan fingerprint density at radius 2 is 2.04 bits per heavy atom. The molecule has 0 fully saturated rings. The first-order valence-corrected chi connectivity index (χ1v) is 7.44. The normalized spacial score (nSPS) is 10.7. The number of rotatable bonds is 6. The minimum absolute atomic E-state index is 0.218. The van der Waals surface area contributed by atoms with E-state index in [-0.39, 0.29) is 11.7 Å². The van der Waals surface area contributed by atoms with Crippen molar-refractivity contribution in [2.24, 2.45) is 0 Å². The van der Waals surface area contributed by atoms with Crippen LogP contribution in [0.1, 0.15) is 16.7 Å². The minimum Gasteiger partial charge on any atom is -0.496 e. The number of ether oxygens (including phenoxy) is 1. The van der Waals surface area contributed by atoms with Crippen LogP contribution in [0.3, 0.4) is 0 Å². The molecule has 120 valence electrons. The zero-order valence-electron chi connectivity index (χ0n) is 13.3. The van der Waals surface area contributed by atoms with E-state index in [1.54, 1.807) is 31.4 Å². The number of amides is 1. The highest BCUT2D eigenvalue weighted by atomic mass is 19.1. The molecule has 1 amide bonds. The van der Waals surface area contributed by atoms with Gasteiger partial charge in [0.15, 0.2) is 0 Å². The SMILES string of the molecule is COc1ccc(C)cc1/C=C/C(=O)NCCc1ccccc1F. The van der Waals surface area contributed by atoms with Crippen molar-refractivity contribution in [2.45, 2.75) is 13.3 Å². The molecule has 2 aromatic rings. The van der Waals surface area contributed by atoms with Crippen molar-refractivity contribution < 1.29 is 13.9 Å². The van der Waals surface area contributed by atoms with Crippen LogP contribution in [-0.4, -0.2) is 19.6 Å². The van der Waals surface area contributed by atoms with E-state index in [0.717, 1.165) is 11.1 Å². The van der Waals surface area contributed by atoms with Crippen LogP contribution in [0.2, 0.25) is 0 Å². The molecule has 0 aliphatic carbocycles. The van der Waals surface area contributed by atoms with E-state index in [4.69, 9.17) is 4.74 Å². The van der Waals surface area contributed by atoms with Crippen LogP contribution >= 0.6 is 0 Å². The maximum atomic E-state index is 13.5. The van der Waals surface area contributed by atoms with Gasteiger partial charge in [-0.05, 0) is 43.2 Å². The Morgan fingerprint density at radius 1 is 1.26 bits per heavy atom. The Balaban J connectivity index is 1.90. The summed E-state index contributed by atoms with van der Waals surface area (Å²) in [6, 6.07) is 12.3. The molecule has 0 atom stereocenters. The molecule has 0 saturated carbocycles. The van der Waals surface area contributed by atoms with E-state index in [2.05, 4.69) is 5.32 Å². The topological polar surface area (TPSA) is 38.3 Å². The lowest BCUT2D eigenvalue weighted by molar-refractivity contribution is -0.116. The van der Waals surface area contributed by atoms with Gasteiger partial charge in [-0.25, -0.2) is 4.39 Å². The number of hydrogen-bond donors (Lipinski definition) is 1. The van der Waals surface area contributed by atoms with E-state index in [1.807, 2.05) is 25.1 Å². The molecule has 0 aliphatic rings. The van der Waals surface area contributed by atoms with Crippen LogP contribution in [0.5, 0.6) is 5.75 Å². The van der Waals surface area contributed by atoms with Gasteiger partial charge in [-0.3, -0.25) is 4.79 Å². The molecule has 1 N–H and O–H groups in total. The van der Waals surface area contributed by atoms with Gasteiger partial charge in [-0.1, -0.05) is 29.8 Å². The van der Waals surface area contributed by atoms with E-state index in [9.17, 15) is 9.18 Å². The van der Waals surface area contributed by atoms with Crippen molar-refractivity contribution in [3.8, 4) is 5.75 Å². The Morgan fingerprint density at radius 3 is 2.78 bits per heavy atom. The van der Waals surface area contributed by atoms with Gasteiger partial charge in [-0.2, -0.15) is 0 Å². The Hall–Kier alpha value is -2.62. The Bertz CT molecular complexity index is 710. The number of carbonyl (C=O) groups is 1. The van der Waals surface area contributed by atoms with Gasteiger partial charge in [-0.15, -0.1) is 0 Å². The molecule has 0 aliphatic heterocycles. The van der Waals surface area contributed by atoms with E-state index < -0.39 is 0 Å². The van der Waals surface area contributed by atoms with Gasteiger partial charge in [0.05, 0.1) is 7.11 Å². The van der Waals surface area contributed by atoms with Crippen molar-refractivity contribution in [2.75, 3.05) is 13.7 Å². The molecule has 0 bridgehead atoms. The highest BCUT2D eigenvalue weighted by molar-refractivity contribution is 5.92. The third kappa shape index (κ3) is 4.95. The van der Waals surface area contributed by atoms with Crippen LogP contribution in [-0.2, 0) is 11.2 Å². The number of methoxy groups -OCH3 is 1. The largest absolute Gasteiger partial charge is 0.496 e. The lowest BCUT2D eigenvalue weighted by Crippen LogP contribution is -2.23. The Kier molecular flexibility index (Phi) is 5.92. The quantitative estimate of drug-likeness (QED) is 0.829. The molecular formula is C19H20FNO2.